The van der Waals surface area contributed by atoms with E-state index in [2.05, 4.69) is 29.4 Å². The number of urea groups is 1. The minimum absolute atomic E-state index is 0.0667. The summed E-state index contributed by atoms with van der Waals surface area (Å²) in [4.78, 5) is 14.7. The van der Waals surface area contributed by atoms with Gasteiger partial charge in [0.05, 0.1) is 6.10 Å². The van der Waals surface area contributed by atoms with Gasteiger partial charge >= 0.3 is 6.03 Å². The third kappa shape index (κ3) is 6.98. The Morgan fingerprint density at radius 2 is 1.83 bits per heavy atom. The molecule has 0 aromatic carbocycles. The van der Waals surface area contributed by atoms with Gasteiger partial charge in [-0.15, -0.1) is 0 Å². The summed E-state index contributed by atoms with van der Waals surface area (Å²) in [6.07, 6.45) is 8.09. The lowest BCUT2D eigenvalue weighted by atomic mass is 9.87. The number of rotatable bonds is 7. The van der Waals surface area contributed by atoms with Gasteiger partial charge in [-0.1, -0.05) is 26.7 Å². The number of hydrogen-bond acceptors (Lipinski definition) is 3. The van der Waals surface area contributed by atoms with Crippen molar-refractivity contribution in [2.75, 3.05) is 26.2 Å². The zero-order valence-electron chi connectivity index (χ0n) is 15.8. The molecule has 5 nitrogen and oxygen atoms in total. The fourth-order valence-corrected chi connectivity index (χ4v) is 4.25. The maximum atomic E-state index is 12.1. The summed E-state index contributed by atoms with van der Waals surface area (Å²) in [7, 11) is 0. The number of nitrogens with zero attached hydrogens (tertiary/aromatic N) is 1. The number of aliphatic hydroxyl groups excluding tert-OH is 1. The molecule has 140 valence electrons. The van der Waals surface area contributed by atoms with Crippen LogP contribution in [0.2, 0.25) is 0 Å². The molecule has 2 rings (SSSR count). The van der Waals surface area contributed by atoms with Crippen LogP contribution in [0.5, 0.6) is 0 Å². The quantitative estimate of drug-likeness (QED) is 0.668. The first-order chi connectivity index (χ1) is 11.3. The number of carbonyl (C=O) groups excluding carboxylic acids is 1. The van der Waals surface area contributed by atoms with E-state index in [9.17, 15) is 9.90 Å². The molecule has 2 amide bonds. The van der Waals surface area contributed by atoms with Crippen molar-refractivity contribution < 1.29 is 9.90 Å². The van der Waals surface area contributed by atoms with Crippen LogP contribution in [0.1, 0.15) is 65.7 Å². The van der Waals surface area contributed by atoms with Gasteiger partial charge in [-0.2, -0.15) is 0 Å². The monoisotopic (exact) mass is 339 g/mol. The Morgan fingerprint density at radius 3 is 2.42 bits per heavy atom. The van der Waals surface area contributed by atoms with Crippen LogP contribution in [0.3, 0.4) is 0 Å². The van der Waals surface area contributed by atoms with E-state index < -0.39 is 0 Å². The Hall–Kier alpha value is -0.810. The third-order valence-corrected chi connectivity index (χ3v) is 5.49. The lowest BCUT2D eigenvalue weighted by Gasteiger charge is -2.34. The Morgan fingerprint density at radius 1 is 1.21 bits per heavy atom. The van der Waals surface area contributed by atoms with E-state index in [-0.39, 0.29) is 17.6 Å². The molecule has 1 saturated heterocycles. The van der Waals surface area contributed by atoms with E-state index in [4.69, 9.17) is 0 Å². The van der Waals surface area contributed by atoms with E-state index in [1.165, 1.54) is 32.2 Å². The third-order valence-electron chi connectivity index (χ3n) is 5.49. The number of amides is 2. The first-order valence-electron chi connectivity index (χ1n) is 9.79. The predicted octanol–water partition coefficient (Wildman–Crippen LogP) is 2.74. The van der Waals surface area contributed by atoms with Gasteiger partial charge in [0.15, 0.2) is 0 Å². The zero-order valence-corrected chi connectivity index (χ0v) is 15.8. The van der Waals surface area contributed by atoms with Crippen molar-refractivity contribution in [1.82, 2.24) is 15.5 Å². The van der Waals surface area contributed by atoms with Crippen LogP contribution in [0.4, 0.5) is 4.79 Å². The average Bonchev–Trinajstić information content (AvgIpc) is 2.99. The van der Waals surface area contributed by atoms with Crippen molar-refractivity contribution in [1.29, 1.82) is 0 Å². The molecule has 0 unspecified atom stereocenters. The van der Waals surface area contributed by atoms with Crippen LogP contribution in [-0.4, -0.2) is 54.4 Å². The van der Waals surface area contributed by atoms with E-state index in [1.54, 1.807) is 6.92 Å². The summed E-state index contributed by atoms with van der Waals surface area (Å²) in [5, 5.41) is 15.6. The Kier molecular flexibility index (Phi) is 7.35. The highest BCUT2D eigenvalue weighted by molar-refractivity contribution is 5.74. The number of piperidine rings is 1. The summed E-state index contributed by atoms with van der Waals surface area (Å²) in [6.45, 7) is 9.99. The van der Waals surface area contributed by atoms with Crippen molar-refractivity contribution in [3.05, 3.63) is 0 Å². The molecule has 0 aromatic heterocycles. The fourth-order valence-electron chi connectivity index (χ4n) is 4.25. The molecule has 1 heterocycles. The molecular formula is C19H37N3O2. The second-order valence-electron chi connectivity index (χ2n) is 8.77. The standard InChI is InChI=1S/C19H37N3O2/c1-15(23)12-19(2,3)14-20-18(24)21-17-8-10-22(11-9-17)13-16-6-4-5-7-16/h15-17,23H,4-14H2,1-3H3,(H2,20,21,24)/t15-/m1/s1. The maximum absolute atomic E-state index is 12.1. The number of carbonyl (C=O) groups is 1. The van der Waals surface area contributed by atoms with Gasteiger partial charge in [0.2, 0.25) is 0 Å². The zero-order chi connectivity index (χ0) is 17.6. The van der Waals surface area contributed by atoms with Gasteiger partial charge in [0.25, 0.3) is 0 Å². The molecule has 1 saturated carbocycles. The van der Waals surface area contributed by atoms with E-state index >= 15 is 0 Å². The van der Waals surface area contributed by atoms with Crippen LogP contribution < -0.4 is 10.6 Å². The second-order valence-corrected chi connectivity index (χ2v) is 8.77. The van der Waals surface area contributed by atoms with Gasteiger partial charge in [0, 0.05) is 32.2 Å². The molecule has 0 spiro atoms. The van der Waals surface area contributed by atoms with Crippen molar-refractivity contribution in [2.45, 2.75) is 77.9 Å². The van der Waals surface area contributed by atoms with E-state index in [1.807, 2.05) is 0 Å². The van der Waals surface area contributed by atoms with E-state index in [0.29, 0.717) is 19.0 Å². The van der Waals surface area contributed by atoms with Crippen LogP contribution >= 0.6 is 0 Å². The van der Waals surface area contributed by atoms with Gasteiger partial charge in [-0.3, -0.25) is 0 Å². The molecule has 0 aromatic rings. The molecule has 1 aliphatic carbocycles. The molecule has 1 aliphatic heterocycles. The maximum Gasteiger partial charge on any atom is 0.315 e. The first kappa shape index (κ1) is 19.5. The lowest BCUT2D eigenvalue weighted by molar-refractivity contribution is 0.128. The Labute approximate surface area is 147 Å². The van der Waals surface area contributed by atoms with Crippen molar-refractivity contribution >= 4 is 6.03 Å². The molecule has 1 atom stereocenters. The van der Waals surface area contributed by atoms with Crippen LogP contribution in [0.25, 0.3) is 0 Å². The van der Waals surface area contributed by atoms with Gasteiger partial charge < -0.3 is 20.6 Å². The van der Waals surface area contributed by atoms with Gasteiger partial charge in [-0.25, -0.2) is 4.79 Å². The summed E-state index contributed by atoms with van der Waals surface area (Å²) >= 11 is 0. The van der Waals surface area contributed by atoms with Gasteiger partial charge in [-0.05, 0) is 50.4 Å². The molecule has 5 heteroatoms. The smallest absolute Gasteiger partial charge is 0.315 e. The number of likely N-dealkylation sites (tertiary alicyclic amines) is 1. The van der Waals surface area contributed by atoms with Gasteiger partial charge in [0.1, 0.15) is 0 Å². The summed E-state index contributed by atoms with van der Waals surface area (Å²) in [5.74, 6) is 0.911. The molecule has 3 N–H and O–H groups in total. The average molecular weight is 340 g/mol. The minimum Gasteiger partial charge on any atom is -0.393 e. The van der Waals surface area contributed by atoms with Crippen LogP contribution in [0, 0.1) is 11.3 Å². The normalized spacial score (nSPS) is 22.5. The van der Waals surface area contributed by atoms with Crippen molar-refractivity contribution in [3.8, 4) is 0 Å². The van der Waals surface area contributed by atoms with Crippen LogP contribution in [-0.2, 0) is 0 Å². The molecule has 0 radical (unpaired) electrons. The molecule has 2 aliphatic rings. The largest absolute Gasteiger partial charge is 0.393 e. The highest BCUT2D eigenvalue weighted by Gasteiger charge is 2.25. The summed E-state index contributed by atoms with van der Waals surface area (Å²) < 4.78 is 0. The Balaban J connectivity index is 1.61. The molecular weight excluding hydrogens is 302 g/mol. The first-order valence-corrected chi connectivity index (χ1v) is 9.79. The summed E-state index contributed by atoms with van der Waals surface area (Å²) in [6, 6.07) is 0.229. The SMILES string of the molecule is C[C@@H](O)CC(C)(C)CNC(=O)NC1CCN(CC2CCCC2)CC1. The molecule has 0 bridgehead atoms. The Bertz CT molecular complexity index is 384. The van der Waals surface area contributed by atoms with E-state index in [0.717, 1.165) is 31.8 Å². The predicted molar refractivity (Wildman–Crippen MR) is 98.0 cm³/mol. The van der Waals surface area contributed by atoms with Crippen molar-refractivity contribution in [2.24, 2.45) is 11.3 Å². The highest BCUT2D eigenvalue weighted by atomic mass is 16.3. The fraction of sp³-hybridized carbons (Fsp3) is 0.947. The second kappa shape index (κ2) is 9.04. The molecule has 24 heavy (non-hydrogen) atoms. The highest BCUT2D eigenvalue weighted by Crippen LogP contribution is 2.26. The number of hydrogen-bond donors (Lipinski definition) is 3. The lowest BCUT2D eigenvalue weighted by Crippen LogP contribution is -2.49. The number of aliphatic hydroxyl groups is 1. The summed E-state index contributed by atoms with van der Waals surface area (Å²) in [5.41, 5.74) is -0.0871. The van der Waals surface area contributed by atoms with Crippen molar-refractivity contribution in [3.63, 3.8) is 0 Å². The molecule has 2 fully saturated rings. The topological polar surface area (TPSA) is 64.6 Å². The number of nitrogens with one attached hydrogen (secondary N) is 2. The van der Waals surface area contributed by atoms with Crippen LogP contribution in [0.15, 0.2) is 0 Å². The minimum atomic E-state index is -0.339.